The lowest BCUT2D eigenvalue weighted by atomic mass is 10.0. The molecule has 2 heterocycles. The average Bonchev–Trinajstić information content (AvgIpc) is 3.05. The van der Waals surface area contributed by atoms with Gasteiger partial charge in [0.25, 0.3) is 5.56 Å². The standard InChI is InChI=1S/C37H39F2N5O6S/c1-7-14-43(22-26-20-30-32(19-23(26)2)40-24(3)41-35(30)46)28-12-13-29(31(39)21-28)33(45)34(25-8-10-27(38)11-9-25)51(48,49)44-17-15-42(16-18-44)36(47)50-37(4,5)6/h1,8-13,19-21,34H,14-18,22H2,2-6H3,(H,40,41,46). The summed E-state index contributed by atoms with van der Waals surface area (Å²) in [4.78, 5) is 49.4. The van der Waals surface area contributed by atoms with Crippen LogP contribution in [0.3, 0.4) is 0 Å². The number of piperazine rings is 1. The molecular weight excluding hydrogens is 680 g/mol. The highest BCUT2D eigenvalue weighted by molar-refractivity contribution is 7.90. The molecule has 1 amide bonds. The summed E-state index contributed by atoms with van der Waals surface area (Å²) in [6.45, 7) is 8.69. The maximum Gasteiger partial charge on any atom is 0.410 e. The van der Waals surface area contributed by atoms with Crippen LogP contribution in [0, 0.1) is 37.8 Å². The molecule has 268 valence electrons. The number of aromatic amines is 1. The molecule has 1 unspecified atom stereocenters. The number of sulfonamides is 1. The zero-order chi connectivity index (χ0) is 37.2. The Kier molecular flexibility index (Phi) is 10.6. The average molecular weight is 720 g/mol. The summed E-state index contributed by atoms with van der Waals surface area (Å²) >= 11 is 0. The van der Waals surface area contributed by atoms with E-state index in [0.717, 1.165) is 33.6 Å². The summed E-state index contributed by atoms with van der Waals surface area (Å²) in [6.07, 6.45) is 5.07. The van der Waals surface area contributed by atoms with Gasteiger partial charge in [-0.05, 0) is 93.8 Å². The van der Waals surface area contributed by atoms with Crippen molar-refractivity contribution < 1.29 is 31.5 Å². The lowest BCUT2D eigenvalue weighted by Crippen LogP contribution is -2.52. The van der Waals surface area contributed by atoms with Gasteiger partial charge in [-0.15, -0.1) is 6.42 Å². The predicted octanol–water partition coefficient (Wildman–Crippen LogP) is 5.26. The predicted molar refractivity (Wildman–Crippen MR) is 190 cm³/mol. The molecule has 1 aromatic heterocycles. The van der Waals surface area contributed by atoms with Crippen LogP contribution < -0.4 is 10.5 Å². The Hall–Kier alpha value is -5.13. The van der Waals surface area contributed by atoms with E-state index >= 15 is 4.39 Å². The summed E-state index contributed by atoms with van der Waals surface area (Å²) in [5, 5.41) is -1.52. The summed E-state index contributed by atoms with van der Waals surface area (Å²) in [5.74, 6) is 0.357. The van der Waals surface area contributed by atoms with Crippen LogP contribution in [0.1, 0.15) is 58.9 Å². The number of anilines is 1. The van der Waals surface area contributed by atoms with Crippen molar-refractivity contribution in [3.63, 3.8) is 0 Å². The Morgan fingerprint density at radius 3 is 2.31 bits per heavy atom. The molecule has 1 saturated heterocycles. The number of benzene rings is 3. The van der Waals surface area contributed by atoms with Crippen LogP contribution >= 0.6 is 0 Å². The van der Waals surface area contributed by atoms with E-state index in [0.29, 0.717) is 22.4 Å². The first-order valence-corrected chi connectivity index (χ1v) is 17.7. The van der Waals surface area contributed by atoms with Crippen molar-refractivity contribution in [1.82, 2.24) is 19.2 Å². The van der Waals surface area contributed by atoms with E-state index in [1.807, 2.05) is 6.92 Å². The minimum Gasteiger partial charge on any atom is -0.444 e. The van der Waals surface area contributed by atoms with Gasteiger partial charge in [-0.1, -0.05) is 18.1 Å². The smallest absolute Gasteiger partial charge is 0.410 e. The van der Waals surface area contributed by atoms with Gasteiger partial charge in [-0.2, -0.15) is 4.31 Å². The summed E-state index contributed by atoms with van der Waals surface area (Å²) in [5.41, 5.74) is 0.843. The number of hydrogen-bond donors (Lipinski definition) is 1. The van der Waals surface area contributed by atoms with E-state index in [9.17, 15) is 27.2 Å². The molecule has 0 saturated carbocycles. The van der Waals surface area contributed by atoms with Gasteiger partial charge in [-0.3, -0.25) is 9.59 Å². The van der Waals surface area contributed by atoms with Crippen LogP contribution in [0.15, 0.2) is 59.4 Å². The molecule has 0 aliphatic carbocycles. The molecule has 1 N–H and O–H groups in total. The molecule has 1 aliphatic rings. The largest absolute Gasteiger partial charge is 0.444 e. The number of rotatable bonds is 9. The zero-order valence-corrected chi connectivity index (χ0v) is 29.8. The second-order valence-electron chi connectivity index (χ2n) is 13.4. The number of nitrogens with zero attached hydrogens (tertiary/aromatic N) is 4. The third-order valence-electron chi connectivity index (χ3n) is 8.47. The van der Waals surface area contributed by atoms with E-state index < -0.39 is 49.9 Å². The second kappa shape index (κ2) is 14.6. The zero-order valence-electron chi connectivity index (χ0n) is 29.0. The molecule has 1 aliphatic heterocycles. The maximum absolute atomic E-state index is 16.0. The first-order valence-electron chi connectivity index (χ1n) is 16.2. The van der Waals surface area contributed by atoms with Crippen molar-refractivity contribution in [3.05, 3.63) is 105 Å². The Morgan fingerprint density at radius 2 is 1.71 bits per heavy atom. The number of ether oxygens (including phenoxy) is 1. The van der Waals surface area contributed by atoms with Gasteiger partial charge >= 0.3 is 6.09 Å². The van der Waals surface area contributed by atoms with Crippen molar-refractivity contribution >= 4 is 38.5 Å². The fraction of sp³-hybridized carbons (Fsp3) is 0.351. The quantitative estimate of drug-likeness (QED) is 0.183. The number of Topliss-reactive ketones (excluding diaryl/α,β-unsaturated/α-hetero) is 1. The number of halogens is 2. The summed E-state index contributed by atoms with van der Waals surface area (Å²) < 4.78 is 64.6. The Labute approximate surface area is 295 Å². The van der Waals surface area contributed by atoms with Crippen LogP contribution in [0.4, 0.5) is 19.3 Å². The van der Waals surface area contributed by atoms with Crippen molar-refractivity contribution in [2.75, 3.05) is 37.6 Å². The number of hydrogen-bond acceptors (Lipinski definition) is 8. The van der Waals surface area contributed by atoms with Crippen molar-refractivity contribution in [1.29, 1.82) is 0 Å². The minimum atomic E-state index is -4.50. The molecule has 0 radical (unpaired) electrons. The molecule has 1 fully saturated rings. The minimum absolute atomic E-state index is 0.00770. The molecule has 3 aromatic carbocycles. The molecule has 5 rings (SSSR count). The Balaban J connectivity index is 1.44. The number of carbonyl (C=O) groups excluding carboxylic acids is 2. The van der Waals surface area contributed by atoms with E-state index in [1.54, 1.807) is 44.7 Å². The number of aryl methyl sites for hydroxylation is 2. The molecule has 4 aromatic rings. The molecule has 14 heteroatoms. The summed E-state index contributed by atoms with van der Waals surface area (Å²) in [7, 11) is -4.50. The normalized spacial score (nSPS) is 14.6. The topological polar surface area (TPSA) is 133 Å². The van der Waals surface area contributed by atoms with Crippen LogP contribution in [0.25, 0.3) is 10.9 Å². The number of H-pyrrole nitrogens is 1. The fourth-order valence-electron chi connectivity index (χ4n) is 5.92. The maximum atomic E-state index is 16.0. The molecule has 0 bridgehead atoms. The third kappa shape index (κ3) is 8.27. The van der Waals surface area contributed by atoms with Gasteiger partial charge in [0.2, 0.25) is 10.0 Å². The first-order chi connectivity index (χ1) is 24.0. The van der Waals surface area contributed by atoms with Gasteiger partial charge < -0.3 is 19.5 Å². The van der Waals surface area contributed by atoms with E-state index in [2.05, 4.69) is 15.9 Å². The van der Waals surface area contributed by atoms with Gasteiger partial charge in [-0.25, -0.2) is 27.0 Å². The third-order valence-corrected chi connectivity index (χ3v) is 10.6. The number of nitrogens with one attached hydrogen (secondary N) is 1. The molecular formula is C37H39F2N5O6S. The van der Waals surface area contributed by atoms with Crippen LogP contribution in [0.2, 0.25) is 0 Å². The van der Waals surface area contributed by atoms with Crippen molar-refractivity contribution in [2.45, 2.75) is 52.0 Å². The van der Waals surface area contributed by atoms with E-state index in [1.165, 1.54) is 29.2 Å². The number of terminal acetylenes is 1. The number of fused-ring (bicyclic) bond motifs is 1. The lowest BCUT2D eigenvalue weighted by Gasteiger charge is -2.36. The fourth-order valence-corrected chi connectivity index (χ4v) is 7.78. The van der Waals surface area contributed by atoms with Crippen LogP contribution in [-0.2, 0) is 21.3 Å². The monoisotopic (exact) mass is 719 g/mol. The van der Waals surface area contributed by atoms with Crippen LogP contribution in [-0.4, -0.2) is 77.8 Å². The lowest BCUT2D eigenvalue weighted by molar-refractivity contribution is 0.0191. The SMILES string of the molecule is C#CCN(Cc1cc2c(=O)[nH]c(C)nc2cc1C)c1ccc(C(=O)C(c2ccc(F)cc2)S(=O)(=O)N2CCN(C(=O)OC(C)(C)C)CC2)c(F)c1. The Bertz CT molecular complexity index is 2180. The van der Waals surface area contributed by atoms with E-state index in [-0.39, 0.29) is 50.4 Å². The summed E-state index contributed by atoms with van der Waals surface area (Å²) in [6, 6.07) is 11.7. The highest BCUT2D eigenvalue weighted by Gasteiger charge is 2.42. The van der Waals surface area contributed by atoms with E-state index in [4.69, 9.17) is 11.2 Å². The van der Waals surface area contributed by atoms with Crippen molar-refractivity contribution in [3.8, 4) is 12.3 Å². The van der Waals surface area contributed by atoms with Gasteiger partial charge in [0.15, 0.2) is 11.0 Å². The second-order valence-corrected chi connectivity index (χ2v) is 15.4. The number of carbonyl (C=O) groups is 2. The number of ketones is 1. The highest BCUT2D eigenvalue weighted by atomic mass is 32.2. The highest BCUT2D eigenvalue weighted by Crippen LogP contribution is 2.33. The molecule has 0 spiro atoms. The number of amides is 1. The van der Waals surface area contributed by atoms with Crippen LogP contribution in [0.5, 0.6) is 0 Å². The Morgan fingerprint density at radius 1 is 1.04 bits per heavy atom. The number of aromatic nitrogens is 2. The van der Waals surface area contributed by atoms with Gasteiger partial charge in [0.05, 0.1) is 23.0 Å². The first kappa shape index (κ1) is 37.1. The van der Waals surface area contributed by atoms with Gasteiger partial charge in [0, 0.05) is 38.4 Å². The van der Waals surface area contributed by atoms with Crippen molar-refractivity contribution in [2.24, 2.45) is 0 Å². The molecule has 51 heavy (non-hydrogen) atoms. The van der Waals surface area contributed by atoms with Gasteiger partial charge in [0.1, 0.15) is 23.1 Å². The molecule has 11 nitrogen and oxygen atoms in total. The molecule has 1 atom stereocenters.